The van der Waals surface area contributed by atoms with E-state index in [9.17, 15) is 0 Å². The zero-order chi connectivity index (χ0) is 13.0. The average Bonchev–Trinajstić information content (AvgIpc) is 2.93. The van der Waals surface area contributed by atoms with Gasteiger partial charge in [0.15, 0.2) is 0 Å². The third-order valence-electron chi connectivity index (χ3n) is 3.60. The minimum absolute atomic E-state index is 0.174. The molecule has 0 aromatic carbocycles. The Morgan fingerprint density at radius 1 is 1.50 bits per heavy atom. The first-order valence-electron chi connectivity index (χ1n) is 6.46. The molecule has 5 nitrogen and oxygen atoms in total. The van der Waals surface area contributed by atoms with Crippen molar-refractivity contribution in [1.82, 2.24) is 15.5 Å². The second-order valence-corrected chi connectivity index (χ2v) is 5.59. The summed E-state index contributed by atoms with van der Waals surface area (Å²) in [6.07, 6.45) is 1.68. The van der Waals surface area contributed by atoms with Gasteiger partial charge in [-0.15, -0.1) is 0 Å². The molecule has 1 aliphatic rings. The van der Waals surface area contributed by atoms with E-state index in [0.717, 1.165) is 30.9 Å². The minimum Gasteiger partial charge on any atom is -0.370 e. The van der Waals surface area contributed by atoms with E-state index < -0.39 is 5.60 Å². The van der Waals surface area contributed by atoms with Gasteiger partial charge in [-0.25, -0.2) is 0 Å². The Balaban J connectivity index is 2.18. The van der Waals surface area contributed by atoms with Gasteiger partial charge in [-0.05, 0) is 12.8 Å². The largest absolute Gasteiger partial charge is 0.370 e. The maximum atomic E-state index is 5.61. The molecule has 1 saturated heterocycles. The fraction of sp³-hybridized carbons (Fsp3) is 0.833. The molecule has 0 amide bonds. The van der Waals surface area contributed by atoms with Crippen molar-refractivity contribution in [2.75, 3.05) is 25.2 Å². The van der Waals surface area contributed by atoms with Crippen molar-refractivity contribution in [3.05, 3.63) is 11.7 Å². The van der Waals surface area contributed by atoms with Gasteiger partial charge in [-0.3, -0.25) is 0 Å². The first kappa shape index (κ1) is 13.8. The van der Waals surface area contributed by atoms with Crippen LogP contribution in [-0.4, -0.2) is 35.3 Å². The van der Waals surface area contributed by atoms with Gasteiger partial charge in [0.25, 0.3) is 0 Å². The fourth-order valence-corrected chi connectivity index (χ4v) is 3.16. The topological polar surface area (TPSA) is 60.2 Å². The number of thioether (sulfide) groups is 1. The lowest BCUT2D eigenvalue weighted by molar-refractivity contribution is -0.0306. The molecule has 18 heavy (non-hydrogen) atoms. The molecule has 0 spiro atoms. The molecule has 1 aliphatic heterocycles. The van der Waals surface area contributed by atoms with Crippen molar-refractivity contribution >= 4 is 11.8 Å². The second-order valence-electron chi connectivity index (χ2n) is 4.44. The third-order valence-corrected chi connectivity index (χ3v) is 4.66. The molecule has 0 saturated carbocycles. The normalized spacial score (nSPS) is 21.2. The summed E-state index contributed by atoms with van der Waals surface area (Å²) in [5.41, 5.74) is -0.413. The molecule has 1 atom stereocenters. The zero-order valence-corrected chi connectivity index (χ0v) is 12.0. The molecule has 2 rings (SSSR count). The van der Waals surface area contributed by atoms with Crippen LogP contribution in [0.1, 0.15) is 44.4 Å². The van der Waals surface area contributed by atoms with Gasteiger partial charge in [0.2, 0.25) is 11.7 Å². The summed E-state index contributed by atoms with van der Waals surface area (Å²) in [7, 11) is 1.71. The van der Waals surface area contributed by atoms with E-state index in [1.807, 2.05) is 11.8 Å². The Morgan fingerprint density at radius 3 is 2.83 bits per heavy atom. The molecule has 1 unspecified atom stereocenters. The lowest BCUT2D eigenvalue weighted by Gasteiger charge is -2.26. The molecular weight excluding hydrogens is 250 g/mol. The molecule has 6 heteroatoms. The van der Waals surface area contributed by atoms with Gasteiger partial charge in [0.1, 0.15) is 5.60 Å². The average molecular weight is 271 g/mol. The Labute approximate surface area is 112 Å². The van der Waals surface area contributed by atoms with E-state index in [-0.39, 0.29) is 6.04 Å². The predicted octanol–water partition coefficient (Wildman–Crippen LogP) is 2.11. The lowest BCUT2D eigenvalue weighted by Crippen LogP contribution is -2.31. The summed E-state index contributed by atoms with van der Waals surface area (Å²) in [6.45, 7) is 5.15. The maximum absolute atomic E-state index is 5.61. The molecule has 1 aromatic heterocycles. The summed E-state index contributed by atoms with van der Waals surface area (Å²) in [4.78, 5) is 4.54. The Bertz CT molecular complexity index is 365. The monoisotopic (exact) mass is 271 g/mol. The molecule has 102 valence electrons. The van der Waals surface area contributed by atoms with Crippen molar-refractivity contribution in [1.29, 1.82) is 0 Å². The molecular formula is C12H21N3O2S. The number of methoxy groups -OCH3 is 1. The number of hydrogen-bond acceptors (Lipinski definition) is 6. The fourth-order valence-electron chi connectivity index (χ4n) is 2.23. The van der Waals surface area contributed by atoms with Crippen molar-refractivity contribution in [2.45, 2.75) is 38.3 Å². The Kier molecular flexibility index (Phi) is 4.64. The highest BCUT2D eigenvalue weighted by Crippen LogP contribution is 2.31. The number of nitrogens with zero attached hydrogens (tertiary/aromatic N) is 2. The summed E-state index contributed by atoms with van der Waals surface area (Å²) in [6, 6.07) is 0.174. The van der Waals surface area contributed by atoms with Gasteiger partial charge in [-0.1, -0.05) is 19.0 Å². The highest BCUT2D eigenvalue weighted by Gasteiger charge is 2.34. The van der Waals surface area contributed by atoms with Crippen molar-refractivity contribution < 1.29 is 9.26 Å². The number of ether oxygens (including phenoxy) is 1. The molecule has 1 aromatic rings. The van der Waals surface area contributed by atoms with E-state index in [4.69, 9.17) is 9.26 Å². The SMILES string of the molecule is CCC(CC)(OC)c1noc(C2CSCCN2)n1. The number of rotatable bonds is 5. The highest BCUT2D eigenvalue weighted by atomic mass is 32.2. The van der Waals surface area contributed by atoms with Crippen LogP contribution in [0.25, 0.3) is 0 Å². The second kappa shape index (κ2) is 6.04. The van der Waals surface area contributed by atoms with Crippen molar-refractivity contribution in [3.8, 4) is 0 Å². The van der Waals surface area contributed by atoms with Crippen LogP contribution in [0.3, 0.4) is 0 Å². The zero-order valence-electron chi connectivity index (χ0n) is 11.2. The van der Waals surface area contributed by atoms with Crippen LogP contribution in [0.15, 0.2) is 4.52 Å². The first-order valence-corrected chi connectivity index (χ1v) is 7.61. The van der Waals surface area contributed by atoms with Crippen LogP contribution in [-0.2, 0) is 10.3 Å². The molecule has 1 fully saturated rings. The van der Waals surface area contributed by atoms with Crippen LogP contribution in [0.5, 0.6) is 0 Å². The highest BCUT2D eigenvalue weighted by molar-refractivity contribution is 7.99. The third kappa shape index (κ3) is 2.55. The molecule has 1 N–H and O–H groups in total. The van der Waals surface area contributed by atoms with Gasteiger partial charge in [-0.2, -0.15) is 16.7 Å². The van der Waals surface area contributed by atoms with Crippen LogP contribution in [0.4, 0.5) is 0 Å². The number of nitrogens with one attached hydrogen (secondary N) is 1. The predicted molar refractivity (Wildman–Crippen MR) is 71.6 cm³/mol. The lowest BCUT2D eigenvalue weighted by atomic mass is 9.96. The Hall–Kier alpha value is -0.590. The van der Waals surface area contributed by atoms with E-state index in [2.05, 4.69) is 29.3 Å². The van der Waals surface area contributed by atoms with E-state index in [1.165, 1.54) is 0 Å². The standard InChI is InChI=1S/C12H21N3O2S/c1-4-12(5-2,16-3)11-14-10(17-15-11)9-8-18-7-6-13-9/h9,13H,4-8H2,1-3H3. The first-order chi connectivity index (χ1) is 8.75. The maximum Gasteiger partial charge on any atom is 0.244 e. The number of hydrogen-bond donors (Lipinski definition) is 1. The molecule has 0 aliphatic carbocycles. The van der Waals surface area contributed by atoms with E-state index in [1.54, 1.807) is 7.11 Å². The van der Waals surface area contributed by atoms with Crippen molar-refractivity contribution in [3.63, 3.8) is 0 Å². The van der Waals surface area contributed by atoms with Gasteiger partial charge in [0, 0.05) is 25.2 Å². The van der Waals surface area contributed by atoms with Gasteiger partial charge in [0.05, 0.1) is 6.04 Å². The summed E-state index contributed by atoms with van der Waals surface area (Å²) < 4.78 is 11.0. The quantitative estimate of drug-likeness (QED) is 0.885. The van der Waals surface area contributed by atoms with E-state index in [0.29, 0.717) is 11.7 Å². The summed E-state index contributed by atoms with van der Waals surface area (Å²) in [5.74, 6) is 3.48. The van der Waals surface area contributed by atoms with Gasteiger partial charge >= 0.3 is 0 Å². The summed E-state index contributed by atoms with van der Waals surface area (Å²) in [5, 5.41) is 7.51. The number of aromatic nitrogens is 2. The molecule has 2 heterocycles. The molecule has 0 radical (unpaired) electrons. The van der Waals surface area contributed by atoms with Crippen LogP contribution >= 0.6 is 11.8 Å². The van der Waals surface area contributed by atoms with Crippen LogP contribution in [0.2, 0.25) is 0 Å². The van der Waals surface area contributed by atoms with Gasteiger partial charge < -0.3 is 14.6 Å². The summed E-state index contributed by atoms with van der Waals surface area (Å²) >= 11 is 1.91. The smallest absolute Gasteiger partial charge is 0.244 e. The van der Waals surface area contributed by atoms with Crippen LogP contribution < -0.4 is 5.32 Å². The van der Waals surface area contributed by atoms with Crippen LogP contribution in [0, 0.1) is 0 Å². The van der Waals surface area contributed by atoms with Crippen molar-refractivity contribution in [2.24, 2.45) is 0 Å². The minimum atomic E-state index is -0.413. The Morgan fingerprint density at radius 2 is 2.28 bits per heavy atom. The molecule has 0 bridgehead atoms. The van der Waals surface area contributed by atoms with E-state index >= 15 is 0 Å².